The van der Waals surface area contributed by atoms with Gasteiger partial charge in [0.15, 0.2) is 5.96 Å². The van der Waals surface area contributed by atoms with Crippen molar-refractivity contribution >= 4 is 35.8 Å². The van der Waals surface area contributed by atoms with Gasteiger partial charge in [-0.2, -0.15) is 0 Å². The third kappa shape index (κ3) is 7.21. The first kappa shape index (κ1) is 21.0. The molecule has 6 nitrogen and oxygen atoms in total. The zero-order chi connectivity index (χ0) is 16.7. The largest absolute Gasteiger partial charge is 0.370 e. The van der Waals surface area contributed by atoms with Crippen LogP contribution in [0.3, 0.4) is 0 Å². The fourth-order valence-corrected chi connectivity index (χ4v) is 2.45. The number of hydrogen-bond donors (Lipinski definition) is 2. The van der Waals surface area contributed by atoms with Gasteiger partial charge in [-0.15, -0.1) is 24.0 Å². The minimum atomic E-state index is 0. The molecule has 2 heterocycles. The number of guanidine groups is 1. The van der Waals surface area contributed by atoms with Crippen LogP contribution in [0.15, 0.2) is 23.3 Å². The predicted octanol–water partition coefficient (Wildman–Crippen LogP) is 1.90. The molecule has 1 aliphatic rings. The number of hydrogen-bond acceptors (Lipinski definition) is 4. The highest BCUT2D eigenvalue weighted by molar-refractivity contribution is 14.0. The summed E-state index contributed by atoms with van der Waals surface area (Å²) in [7, 11) is 2.16. The molecule has 3 N–H and O–H groups in total. The van der Waals surface area contributed by atoms with Gasteiger partial charge in [-0.3, -0.25) is 0 Å². The number of anilines is 1. The second-order valence-electron chi connectivity index (χ2n) is 6.63. The van der Waals surface area contributed by atoms with Gasteiger partial charge in [-0.1, -0.05) is 19.9 Å². The van der Waals surface area contributed by atoms with Crippen molar-refractivity contribution in [3.63, 3.8) is 0 Å². The Morgan fingerprint density at radius 1 is 1.29 bits per heavy atom. The highest BCUT2D eigenvalue weighted by Crippen LogP contribution is 2.13. The summed E-state index contributed by atoms with van der Waals surface area (Å²) in [4.78, 5) is 13.6. The van der Waals surface area contributed by atoms with Crippen molar-refractivity contribution in [1.82, 2.24) is 15.2 Å². The molecule has 1 fully saturated rings. The summed E-state index contributed by atoms with van der Waals surface area (Å²) in [5, 5.41) is 3.15. The van der Waals surface area contributed by atoms with Crippen molar-refractivity contribution in [1.29, 1.82) is 0 Å². The van der Waals surface area contributed by atoms with E-state index in [1.165, 1.54) is 0 Å². The molecule has 2 rings (SSSR count). The molecule has 0 spiro atoms. The van der Waals surface area contributed by atoms with Crippen LogP contribution in [0.1, 0.15) is 25.8 Å². The summed E-state index contributed by atoms with van der Waals surface area (Å²) in [5.41, 5.74) is 6.95. The maximum atomic E-state index is 5.87. The standard InChI is InChI=1S/C17H30N6.HI/c1-14(2)6-7-19-17(18)21-13-15-4-5-16(20-12-15)23-10-8-22(3)9-11-23;/h4-5,12,14H,6-11,13H2,1-3H3,(H3,18,19,21);1H. The van der Waals surface area contributed by atoms with E-state index >= 15 is 0 Å². The zero-order valence-electron chi connectivity index (χ0n) is 15.0. The quantitative estimate of drug-likeness (QED) is 0.397. The van der Waals surface area contributed by atoms with Crippen molar-refractivity contribution in [3.05, 3.63) is 23.9 Å². The number of piperazine rings is 1. The lowest BCUT2D eigenvalue weighted by atomic mass is 10.1. The Labute approximate surface area is 162 Å². The summed E-state index contributed by atoms with van der Waals surface area (Å²) in [6.07, 6.45) is 3.00. The molecule has 136 valence electrons. The highest BCUT2D eigenvalue weighted by atomic mass is 127. The number of aliphatic imine (C=N–C) groups is 1. The second kappa shape index (κ2) is 10.7. The molecule has 0 saturated carbocycles. The molecule has 0 amide bonds. The van der Waals surface area contributed by atoms with Gasteiger partial charge in [0.25, 0.3) is 0 Å². The van der Waals surface area contributed by atoms with Crippen LogP contribution >= 0.6 is 24.0 Å². The average Bonchev–Trinajstić information content (AvgIpc) is 2.54. The van der Waals surface area contributed by atoms with Crippen molar-refractivity contribution in [2.24, 2.45) is 16.6 Å². The van der Waals surface area contributed by atoms with E-state index in [1.54, 1.807) is 0 Å². The lowest BCUT2D eigenvalue weighted by Crippen LogP contribution is -2.44. The molecule has 0 aliphatic carbocycles. The minimum Gasteiger partial charge on any atom is -0.370 e. The van der Waals surface area contributed by atoms with Gasteiger partial charge >= 0.3 is 0 Å². The van der Waals surface area contributed by atoms with Crippen LogP contribution in [-0.2, 0) is 6.54 Å². The number of halogens is 1. The number of nitrogens with one attached hydrogen (secondary N) is 1. The van der Waals surface area contributed by atoms with E-state index in [2.05, 4.69) is 58.1 Å². The van der Waals surface area contributed by atoms with E-state index in [4.69, 9.17) is 5.73 Å². The first-order valence-electron chi connectivity index (χ1n) is 8.47. The molecule has 0 aromatic carbocycles. The van der Waals surface area contributed by atoms with Crippen LogP contribution in [0.25, 0.3) is 0 Å². The highest BCUT2D eigenvalue weighted by Gasteiger charge is 2.14. The Morgan fingerprint density at radius 3 is 2.58 bits per heavy atom. The summed E-state index contributed by atoms with van der Waals surface area (Å²) in [5.74, 6) is 2.23. The molecule has 0 radical (unpaired) electrons. The zero-order valence-corrected chi connectivity index (χ0v) is 17.4. The third-order valence-corrected chi connectivity index (χ3v) is 4.10. The summed E-state index contributed by atoms with van der Waals surface area (Å²) in [6, 6.07) is 4.17. The van der Waals surface area contributed by atoms with E-state index < -0.39 is 0 Å². The van der Waals surface area contributed by atoms with Crippen molar-refractivity contribution in [2.75, 3.05) is 44.7 Å². The first-order valence-corrected chi connectivity index (χ1v) is 8.47. The van der Waals surface area contributed by atoms with E-state index in [-0.39, 0.29) is 24.0 Å². The Hall–Kier alpha value is -1.09. The maximum absolute atomic E-state index is 5.87. The van der Waals surface area contributed by atoms with Crippen LogP contribution in [0.4, 0.5) is 5.82 Å². The lowest BCUT2D eigenvalue weighted by molar-refractivity contribution is 0.312. The molecule has 24 heavy (non-hydrogen) atoms. The fraction of sp³-hybridized carbons (Fsp3) is 0.647. The molecule has 1 saturated heterocycles. The van der Waals surface area contributed by atoms with E-state index in [1.807, 2.05) is 6.20 Å². The third-order valence-electron chi connectivity index (χ3n) is 4.10. The molecular weight excluding hydrogens is 415 g/mol. The molecule has 0 bridgehead atoms. The number of aromatic nitrogens is 1. The van der Waals surface area contributed by atoms with Crippen molar-refractivity contribution in [3.8, 4) is 0 Å². The Morgan fingerprint density at radius 2 is 2.00 bits per heavy atom. The van der Waals surface area contributed by atoms with Crippen molar-refractivity contribution < 1.29 is 0 Å². The molecule has 7 heteroatoms. The van der Waals surface area contributed by atoms with Gasteiger partial charge in [-0.25, -0.2) is 9.98 Å². The van der Waals surface area contributed by atoms with Gasteiger partial charge in [-0.05, 0) is 31.0 Å². The number of nitrogens with two attached hydrogens (primary N) is 1. The monoisotopic (exact) mass is 446 g/mol. The molecule has 1 aromatic rings. The minimum absolute atomic E-state index is 0. The fourth-order valence-electron chi connectivity index (χ4n) is 2.45. The summed E-state index contributed by atoms with van der Waals surface area (Å²) >= 11 is 0. The Kier molecular flexibility index (Phi) is 9.35. The van der Waals surface area contributed by atoms with Crippen LogP contribution < -0.4 is 16.0 Å². The van der Waals surface area contributed by atoms with Gasteiger partial charge in [0.2, 0.25) is 0 Å². The van der Waals surface area contributed by atoms with Crippen LogP contribution in [0, 0.1) is 5.92 Å². The number of rotatable bonds is 6. The smallest absolute Gasteiger partial charge is 0.188 e. The Bertz CT molecular complexity index is 494. The Balaban J connectivity index is 0.00000288. The van der Waals surface area contributed by atoms with Crippen LogP contribution in [0.5, 0.6) is 0 Å². The molecular formula is C17H31IN6. The van der Waals surface area contributed by atoms with Gasteiger partial charge < -0.3 is 20.9 Å². The van der Waals surface area contributed by atoms with Crippen molar-refractivity contribution in [2.45, 2.75) is 26.8 Å². The van der Waals surface area contributed by atoms with Crippen LogP contribution in [0.2, 0.25) is 0 Å². The molecule has 0 unspecified atom stereocenters. The number of nitrogens with zero attached hydrogens (tertiary/aromatic N) is 4. The first-order chi connectivity index (χ1) is 11.0. The van der Waals surface area contributed by atoms with Gasteiger partial charge in [0.1, 0.15) is 5.82 Å². The second-order valence-corrected chi connectivity index (χ2v) is 6.63. The molecule has 0 atom stereocenters. The summed E-state index contributed by atoms with van der Waals surface area (Å²) in [6.45, 7) is 10.1. The number of likely N-dealkylation sites (N-methyl/N-ethyl adjacent to an activating group) is 1. The van der Waals surface area contributed by atoms with Gasteiger partial charge in [0, 0.05) is 38.9 Å². The predicted molar refractivity (Wildman–Crippen MR) is 112 cm³/mol. The topological polar surface area (TPSA) is 69.8 Å². The number of pyridine rings is 1. The average molecular weight is 446 g/mol. The van der Waals surface area contributed by atoms with E-state index in [9.17, 15) is 0 Å². The van der Waals surface area contributed by atoms with Crippen LogP contribution in [-0.4, -0.2) is 55.6 Å². The SMILES string of the molecule is CC(C)CCNC(N)=NCc1ccc(N2CCN(C)CC2)nc1.I. The van der Waals surface area contributed by atoms with E-state index in [0.717, 1.165) is 50.5 Å². The maximum Gasteiger partial charge on any atom is 0.188 e. The molecule has 1 aromatic heterocycles. The summed E-state index contributed by atoms with van der Waals surface area (Å²) < 4.78 is 0. The normalized spacial score (nSPS) is 16.2. The van der Waals surface area contributed by atoms with E-state index in [0.29, 0.717) is 18.4 Å². The molecule has 1 aliphatic heterocycles. The van der Waals surface area contributed by atoms with Gasteiger partial charge in [0.05, 0.1) is 6.54 Å². The lowest BCUT2D eigenvalue weighted by Gasteiger charge is -2.33.